The van der Waals surface area contributed by atoms with Crippen LogP contribution in [-0.4, -0.2) is 25.2 Å². The lowest BCUT2D eigenvalue weighted by Crippen LogP contribution is -2.13. The fourth-order valence-electron chi connectivity index (χ4n) is 7.22. The first-order chi connectivity index (χ1) is 26.9. The second-order valence-electron chi connectivity index (χ2n) is 15.4. The maximum Gasteiger partial charge on any atom is 0.338 e. The molecule has 4 aromatic rings. The summed E-state index contributed by atoms with van der Waals surface area (Å²) in [6.45, 7) is 20.9. The van der Waals surface area contributed by atoms with Gasteiger partial charge in [0.25, 0.3) is 0 Å². The van der Waals surface area contributed by atoms with E-state index in [-0.39, 0.29) is 13.2 Å². The van der Waals surface area contributed by atoms with Gasteiger partial charge in [0.15, 0.2) is 0 Å². The minimum atomic E-state index is -0.575. The molecular weight excluding hydrogens is 697 g/mol. The second-order valence-corrected chi connectivity index (χ2v) is 15.4. The highest BCUT2D eigenvalue weighted by Gasteiger charge is 2.23. The molecule has 288 valence electrons. The van der Waals surface area contributed by atoms with Crippen molar-refractivity contribution in [2.75, 3.05) is 18.5 Å². The Hall–Kier alpha value is -5.95. The lowest BCUT2D eigenvalue weighted by atomic mass is 9.90. The number of hydrogen-bond donors (Lipinski definition) is 1. The number of carbonyl (C=O) groups is 2. The molecule has 1 aliphatic carbocycles. The quantitative estimate of drug-likeness (QED) is 0.0547. The summed E-state index contributed by atoms with van der Waals surface area (Å²) in [5, 5.41) is 5.36. The van der Waals surface area contributed by atoms with E-state index >= 15 is 0 Å². The van der Waals surface area contributed by atoms with Gasteiger partial charge < -0.3 is 19.2 Å². The smallest absolute Gasteiger partial charge is 0.338 e. The van der Waals surface area contributed by atoms with Gasteiger partial charge in [-0.3, -0.25) is 0 Å². The van der Waals surface area contributed by atoms with Crippen LogP contribution in [0.4, 0.5) is 17.1 Å². The number of rotatable bonds is 13. The summed E-state index contributed by atoms with van der Waals surface area (Å²) >= 11 is 0. The highest BCUT2D eigenvalue weighted by molar-refractivity contribution is 6.08. The number of nitrogens with zero attached hydrogens (tertiary/aromatic N) is 1. The molecule has 0 saturated heterocycles. The van der Waals surface area contributed by atoms with Crippen LogP contribution >= 0.6 is 0 Å². The number of benzene rings is 5. The number of anilines is 2. The van der Waals surface area contributed by atoms with E-state index in [0.717, 1.165) is 45.0 Å². The first-order valence-corrected chi connectivity index (χ1v) is 19.5. The van der Waals surface area contributed by atoms with Gasteiger partial charge in [0, 0.05) is 46.1 Å². The Morgan fingerprint density at radius 2 is 1.30 bits per heavy atom. The molecule has 0 unspecified atom stereocenters. The second kappa shape index (κ2) is 17.2. The number of fused-ring (bicyclic) bond motifs is 2. The number of esters is 2. The van der Waals surface area contributed by atoms with Gasteiger partial charge in [0.2, 0.25) is 0 Å². The lowest BCUT2D eigenvalue weighted by molar-refractivity contribution is -0.138. The van der Waals surface area contributed by atoms with E-state index in [1.807, 2.05) is 48.5 Å². The van der Waals surface area contributed by atoms with Crippen molar-refractivity contribution in [2.45, 2.75) is 79.1 Å². The zero-order valence-electron chi connectivity index (χ0n) is 33.7. The van der Waals surface area contributed by atoms with Gasteiger partial charge in [-0.25, -0.2) is 14.6 Å². The van der Waals surface area contributed by atoms with Crippen LogP contribution in [0, 0.1) is 0 Å². The Bertz CT molecular complexity index is 2380. The average Bonchev–Trinajstić information content (AvgIpc) is 3.18. The summed E-state index contributed by atoms with van der Waals surface area (Å²) in [4.78, 5) is 30.5. The summed E-state index contributed by atoms with van der Waals surface area (Å²) in [5.74, 6) is 0.753. The molecule has 1 aliphatic heterocycles. The van der Waals surface area contributed by atoms with Gasteiger partial charge in [0.1, 0.15) is 24.6 Å². The maximum absolute atomic E-state index is 13.7. The Kier molecular flexibility index (Phi) is 12.2. The number of ether oxygens (including phenoxy) is 2. The monoisotopic (exact) mass is 748 g/mol. The van der Waals surface area contributed by atoms with E-state index in [4.69, 9.17) is 18.9 Å². The van der Waals surface area contributed by atoms with Gasteiger partial charge >= 0.3 is 11.9 Å². The first-order valence-electron chi connectivity index (χ1n) is 19.5. The molecule has 6 rings (SSSR count). The molecule has 0 aromatic heterocycles. The van der Waals surface area contributed by atoms with Gasteiger partial charge in [-0.05, 0) is 81.8 Å². The molecule has 0 spiro atoms. The highest BCUT2D eigenvalue weighted by atomic mass is 16.6. The van der Waals surface area contributed by atoms with Crippen LogP contribution in [0.25, 0.3) is 33.4 Å². The zero-order valence-corrected chi connectivity index (χ0v) is 33.7. The Morgan fingerprint density at radius 3 is 1.93 bits per heavy atom. The third-order valence-corrected chi connectivity index (χ3v) is 10.1. The van der Waals surface area contributed by atoms with Crippen LogP contribution in [0.2, 0.25) is 0 Å². The molecule has 1 N–H and O–H groups in total. The minimum Gasteiger partial charge on any atom is -0.459 e. The third kappa shape index (κ3) is 8.47. The normalized spacial score (nSPS) is 12.0. The topological polar surface area (TPSA) is 90.1 Å². The molecule has 0 amide bonds. The Morgan fingerprint density at radius 1 is 0.696 bits per heavy atom. The summed E-state index contributed by atoms with van der Waals surface area (Å²) in [6.07, 6.45) is 1.08. The van der Waals surface area contributed by atoms with E-state index in [1.165, 1.54) is 22.3 Å². The van der Waals surface area contributed by atoms with E-state index < -0.39 is 11.9 Å². The van der Waals surface area contributed by atoms with Crippen LogP contribution < -0.4 is 10.7 Å². The van der Waals surface area contributed by atoms with Crippen molar-refractivity contribution in [1.82, 2.24) is 0 Å². The molecule has 0 atom stereocenters. The molecule has 0 bridgehead atoms. The highest BCUT2D eigenvalue weighted by Crippen LogP contribution is 2.43. The average molecular weight is 749 g/mol. The van der Waals surface area contributed by atoms with E-state index in [2.05, 4.69) is 110 Å². The van der Waals surface area contributed by atoms with Crippen molar-refractivity contribution < 1.29 is 23.5 Å². The Balaban J connectivity index is 1.56. The van der Waals surface area contributed by atoms with Crippen LogP contribution in [0.5, 0.6) is 0 Å². The largest absolute Gasteiger partial charge is 0.459 e. The molecule has 56 heavy (non-hydrogen) atoms. The fraction of sp³-hybridized carbons (Fsp3) is 0.286. The number of carbonyl (C=O) groups excluding carboxylic acids is 2. The van der Waals surface area contributed by atoms with Crippen LogP contribution in [-0.2, 0) is 14.3 Å². The van der Waals surface area contributed by atoms with Crippen molar-refractivity contribution in [3.05, 3.63) is 143 Å². The molecule has 0 saturated carbocycles. The van der Waals surface area contributed by atoms with Crippen LogP contribution in [0.3, 0.4) is 0 Å². The van der Waals surface area contributed by atoms with E-state index in [9.17, 15) is 9.59 Å². The molecule has 1 heterocycles. The number of hydrogen-bond acceptors (Lipinski definition) is 7. The maximum atomic E-state index is 13.7. The third-order valence-electron chi connectivity index (χ3n) is 10.1. The van der Waals surface area contributed by atoms with Gasteiger partial charge in [0.05, 0.1) is 16.6 Å². The predicted molar refractivity (Wildman–Crippen MR) is 227 cm³/mol. The summed E-state index contributed by atoms with van der Waals surface area (Å²) in [5.41, 5.74) is 11.2. The van der Waals surface area contributed by atoms with E-state index in [0.29, 0.717) is 46.1 Å². The van der Waals surface area contributed by atoms with Crippen molar-refractivity contribution in [3.63, 3.8) is 0 Å². The van der Waals surface area contributed by atoms with E-state index in [1.54, 1.807) is 6.07 Å². The van der Waals surface area contributed by atoms with Crippen molar-refractivity contribution >= 4 is 40.0 Å². The van der Waals surface area contributed by atoms with Crippen molar-refractivity contribution in [2.24, 2.45) is 4.99 Å². The fourth-order valence-corrected chi connectivity index (χ4v) is 7.22. The molecule has 2 aliphatic rings. The first kappa shape index (κ1) is 39.7. The SMILES string of the molecule is C=CC(=O)OCCOC(=O)c1ccccc1-c1c2cc/c(=N/c3c(C(C)C)cccc3C(C)C)cc-2oc2cc(Nc3c(C(C)C)cccc3C(C)C)ccc12. The molecule has 7 heteroatoms. The molecule has 7 nitrogen and oxygen atoms in total. The summed E-state index contributed by atoms with van der Waals surface area (Å²) < 4.78 is 17.5. The molecule has 0 radical (unpaired) electrons. The Labute approximate surface area is 330 Å². The zero-order chi connectivity index (χ0) is 40.1. The standard InChI is InChI=1S/C49H52N2O5/c1-10-45(52)54-25-26-55-49(53)40-16-12-11-15-39(40)46-41-23-21-33(50-47-35(29(2)3)17-13-18-36(47)30(4)5)27-43(41)56-44-28-34(22-24-42(44)46)51-48-37(31(6)7)19-14-20-38(48)32(8)9/h10-24,27-32,50H,1,25-26H2,2-9H3/b51-34-. The van der Waals surface area contributed by atoms with Gasteiger partial charge in [-0.15, -0.1) is 0 Å². The number of nitrogens with one attached hydrogen (secondary N) is 1. The molecule has 4 aromatic carbocycles. The number of para-hydroxylation sites is 2. The predicted octanol–water partition coefficient (Wildman–Crippen LogP) is 12.6. The van der Waals surface area contributed by atoms with Gasteiger partial charge in [-0.2, -0.15) is 0 Å². The van der Waals surface area contributed by atoms with Crippen LogP contribution in [0.15, 0.2) is 119 Å². The van der Waals surface area contributed by atoms with Crippen LogP contribution in [0.1, 0.15) is 112 Å². The molecular formula is C49H52N2O5. The van der Waals surface area contributed by atoms with Crippen molar-refractivity contribution in [3.8, 4) is 22.5 Å². The summed E-state index contributed by atoms with van der Waals surface area (Å²) in [6, 6.07) is 32.5. The lowest BCUT2D eigenvalue weighted by Gasteiger charge is -2.22. The van der Waals surface area contributed by atoms with Gasteiger partial charge in [-0.1, -0.05) is 117 Å². The summed E-state index contributed by atoms with van der Waals surface area (Å²) in [7, 11) is 0. The minimum absolute atomic E-state index is 0.0756. The van der Waals surface area contributed by atoms with Crippen molar-refractivity contribution in [1.29, 1.82) is 0 Å². The molecule has 0 fully saturated rings.